The van der Waals surface area contributed by atoms with Crippen molar-refractivity contribution >= 4 is 17.7 Å². The summed E-state index contributed by atoms with van der Waals surface area (Å²) in [6.45, 7) is 3.97. The van der Waals surface area contributed by atoms with E-state index >= 15 is 0 Å². The highest BCUT2D eigenvalue weighted by molar-refractivity contribution is 6.14. The maximum Gasteiger partial charge on any atom is 0.325 e. The van der Waals surface area contributed by atoms with Crippen molar-refractivity contribution in [1.29, 1.82) is 0 Å². The first-order chi connectivity index (χ1) is 9.54. The van der Waals surface area contributed by atoms with Crippen molar-refractivity contribution in [1.82, 2.24) is 10.2 Å². The van der Waals surface area contributed by atoms with E-state index in [0.717, 1.165) is 16.7 Å². The molecule has 2 heterocycles. The first-order valence-corrected chi connectivity index (χ1v) is 6.28. The molecule has 20 heavy (non-hydrogen) atoms. The van der Waals surface area contributed by atoms with Crippen LogP contribution in [0.5, 0.6) is 0 Å². The smallest absolute Gasteiger partial charge is 0.325 e. The van der Waals surface area contributed by atoms with Crippen LogP contribution in [0.4, 0.5) is 6.01 Å². The Kier molecular flexibility index (Phi) is 2.85. The Bertz CT molecular complexity index is 705. The number of carbonyl (C=O) groups excluding carboxylic acids is 2. The quantitative estimate of drug-likeness (QED) is 0.776. The molecule has 3 rings (SSSR count). The second-order valence-corrected chi connectivity index (χ2v) is 4.90. The zero-order valence-corrected chi connectivity index (χ0v) is 11.2. The lowest BCUT2D eigenvalue weighted by Gasteiger charge is -2.07. The lowest BCUT2D eigenvalue weighted by molar-refractivity contribution is -0.121. The molecule has 0 radical (unpaired) electrons. The van der Waals surface area contributed by atoms with Crippen molar-refractivity contribution < 1.29 is 14.0 Å². The molecule has 0 N–H and O–H groups in total. The maximum atomic E-state index is 11.6. The summed E-state index contributed by atoms with van der Waals surface area (Å²) in [7, 11) is 0. The van der Waals surface area contributed by atoms with Gasteiger partial charge in [-0.2, -0.15) is 0 Å². The first kappa shape index (κ1) is 12.5. The van der Waals surface area contributed by atoms with E-state index in [0.29, 0.717) is 5.89 Å². The van der Waals surface area contributed by atoms with Gasteiger partial charge in [-0.1, -0.05) is 22.8 Å². The number of rotatable bonds is 2. The van der Waals surface area contributed by atoms with Crippen molar-refractivity contribution in [2.24, 2.45) is 0 Å². The number of anilines is 1. The monoisotopic (exact) mass is 271 g/mol. The predicted octanol–water partition coefficient (Wildman–Crippen LogP) is 1.66. The van der Waals surface area contributed by atoms with E-state index in [1.165, 1.54) is 4.90 Å². The van der Waals surface area contributed by atoms with Gasteiger partial charge < -0.3 is 4.42 Å². The number of aromatic nitrogens is 2. The van der Waals surface area contributed by atoms with Crippen LogP contribution in [-0.2, 0) is 9.59 Å². The van der Waals surface area contributed by atoms with Crippen LogP contribution in [0.15, 0.2) is 22.6 Å². The molecule has 6 nitrogen and oxygen atoms in total. The molecule has 0 spiro atoms. The molecule has 1 aromatic carbocycles. The highest BCUT2D eigenvalue weighted by Gasteiger charge is 2.32. The average molecular weight is 271 g/mol. The Morgan fingerprint density at radius 1 is 1.20 bits per heavy atom. The second-order valence-electron chi connectivity index (χ2n) is 4.90. The Morgan fingerprint density at radius 3 is 2.65 bits per heavy atom. The molecule has 1 saturated heterocycles. The van der Waals surface area contributed by atoms with Crippen molar-refractivity contribution in [3.05, 3.63) is 29.3 Å². The van der Waals surface area contributed by atoms with E-state index in [2.05, 4.69) is 10.2 Å². The summed E-state index contributed by atoms with van der Waals surface area (Å²) in [4.78, 5) is 24.1. The van der Waals surface area contributed by atoms with E-state index < -0.39 is 0 Å². The largest absolute Gasteiger partial charge is 0.403 e. The van der Waals surface area contributed by atoms with Crippen LogP contribution in [0.2, 0.25) is 0 Å². The van der Waals surface area contributed by atoms with Gasteiger partial charge in [0.25, 0.3) is 0 Å². The number of benzene rings is 1. The van der Waals surface area contributed by atoms with Crippen molar-refractivity contribution in [2.45, 2.75) is 20.3 Å². The molecule has 1 aliphatic heterocycles. The third-order valence-corrected chi connectivity index (χ3v) is 3.24. The van der Waals surface area contributed by atoms with Crippen LogP contribution in [0.1, 0.15) is 17.5 Å². The van der Waals surface area contributed by atoms with E-state index in [9.17, 15) is 9.59 Å². The van der Waals surface area contributed by atoms with Crippen molar-refractivity contribution in [2.75, 3.05) is 11.4 Å². The summed E-state index contributed by atoms with van der Waals surface area (Å²) in [5, 5.41) is 7.82. The van der Waals surface area contributed by atoms with Gasteiger partial charge in [-0.05, 0) is 25.5 Å². The first-order valence-electron chi connectivity index (χ1n) is 6.28. The lowest BCUT2D eigenvalue weighted by atomic mass is 10.1. The third kappa shape index (κ3) is 2.09. The SMILES string of the molecule is Cc1ccc(-c2nnc(N3CC(=O)CC3=O)o2)c(C)c1. The van der Waals surface area contributed by atoms with E-state index in [1.807, 2.05) is 32.0 Å². The number of aryl methyl sites for hydroxylation is 2. The average Bonchev–Trinajstić information content (AvgIpc) is 2.96. The number of hydrogen-bond acceptors (Lipinski definition) is 5. The minimum atomic E-state index is -0.300. The van der Waals surface area contributed by atoms with Crippen LogP contribution < -0.4 is 4.90 Å². The van der Waals surface area contributed by atoms with Gasteiger partial charge in [-0.25, -0.2) is 0 Å². The molecule has 1 aliphatic rings. The van der Waals surface area contributed by atoms with E-state index in [1.54, 1.807) is 0 Å². The molecule has 0 bridgehead atoms. The zero-order chi connectivity index (χ0) is 14.3. The number of hydrogen-bond donors (Lipinski definition) is 0. The highest BCUT2D eigenvalue weighted by Crippen LogP contribution is 2.26. The molecule has 0 unspecified atom stereocenters. The molecular weight excluding hydrogens is 258 g/mol. The summed E-state index contributed by atoms with van der Waals surface area (Å²) in [6.07, 6.45) is -0.0960. The van der Waals surface area contributed by atoms with Crippen molar-refractivity contribution in [3.8, 4) is 11.5 Å². The van der Waals surface area contributed by atoms with Crippen LogP contribution in [0.25, 0.3) is 11.5 Å². The number of nitrogens with zero attached hydrogens (tertiary/aromatic N) is 3. The Hall–Kier alpha value is -2.50. The Balaban J connectivity index is 1.94. The fourth-order valence-corrected chi connectivity index (χ4v) is 2.25. The van der Waals surface area contributed by atoms with Crippen molar-refractivity contribution in [3.63, 3.8) is 0 Å². The summed E-state index contributed by atoms with van der Waals surface area (Å²) in [5.74, 6) is -0.0863. The molecule has 1 fully saturated rings. The molecule has 102 valence electrons. The van der Waals surface area contributed by atoms with Crippen LogP contribution >= 0.6 is 0 Å². The van der Waals surface area contributed by atoms with Gasteiger partial charge >= 0.3 is 6.01 Å². The normalized spacial score (nSPS) is 15.2. The summed E-state index contributed by atoms with van der Waals surface area (Å²) in [5.41, 5.74) is 2.99. The van der Waals surface area contributed by atoms with E-state index in [-0.39, 0.29) is 30.7 Å². The fraction of sp³-hybridized carbons (Fsp3) is 0.286. The van der Waals surface area contributed by atoms with Gasteiger partial charge in [0.1, 0.15) is 0 Å². The molecule has 2 aromatic rings. The summed E-state index contributed by atoms with van der Waals surface area (Å²) < 4.78 is 5.52. The lowest BCUT2D eigenvalue weighted by Crippen LogP contribution is -2.24. The fourth-order valence-electron chi connectivity index (χ4n) is 2.25. The molecule has 0 aliphatic carbocycles. The summed E-state index contributed by atoms with van der Waals surface area (Å²) in [6, 6.07) is 5.95. The van der Waals surface area contributed by atoms with Crippen LogP contribution in [0.3, 0.4) is 0 Å². The van der Waals surface area contributed by atoms with Gasteiger partial charge in [-0.15, -0.1) is 5.10 Å². The topological polar surface area (TPSA) is 76.3 Å². The van der Waals surface area contributed by atoms with Gasteiger partial charge in [0.2, 0.25) is 11.8 Å². The Labute approximate surface area is 115 Å². The predicted molar refractivity (Wildman–Crippen MR) is 71.2 cm³/mol. The molecule has 6 heteroatoms. The van der Waals surface area contributed by atoms with Crippen LogP contribution in [0, 0.1) is 13.8 Å². The zero-order valence-electron chi connectivity index (χ0n) is 11.2. The minimum absolute atomic E-state index is 0.00729. The highest BCUT2D eigenvalue weighted by atomic mass is 16.4. The third-order valence-electron chi connectivity index (χ3n) is 3.24. The molecule has 0 saturated carbocycles. The maximum absolute atomic E-state index is 11.6. The minimum Gasteiger partial charge on any atom is -0.403 e. The van der Waals surface area contributed by atoms with Crippen LogP contribution in [-0.4, -0.2) is 28.4 Å². The van der Waals surface area contributed by atoms with E-state index in [4.69, 9.17) is 4.42 Å². The van der Waals surface area contributed by atoms with Gasteiger partial charge in [0.15, 0.2) is 5.78 Å². The molecular formula is C14H13N3O3. The number of amides is 1. The second kappa shape index (κ2) is 4.56. The van der Waals surface area contributed by atoms with Gasteiger partial charge in [0.05, 0.1) is 13.0 Å². The number of Topliss-reactive ketones (excluding diaryl/α,β-unsaturated/α-hetero) is 1. The standard InChI is InChI=1S/C14H13N3O3/c1-8-3-4-11(9(2)5-8)13-15-16-14(20-13)17-7-10(18)6-12(17)19/h3-5H,6-7H2,1-2H3. The summed E-state index contributed by atoms with van der Waals surface area (Å²) >= 11 is 0. The molecule has 0 atom stereocenters. The number of carbonyl (C=O) groups is 2. The van der Waals surface area contributed by atoms with Gasteiger partial charge in [-0.3, -0.25) is 14.5 Å². The van der Waals surface area contributed by atoms with Gasteiger partial charge in [0, 0.05) is 5.56 Å². The molecule has 1 amide bonds. The molecule has 1 aromatic heterocycles. The Morgan fingerprint density at radius 2 is 2.00 bits per heavy atom. The number of ketones is 1.